The van der Waals surface area contributed by atoms with Gasteiger partial charge in [-0.3, -0.25) is 9.59 Å². The van der Waals surface area contributed by atoms with Gasteiger partial charge in [0.05, 0.1) is 6.61 Å². The number of nitrogens with zero attached hydrogens (tertiary/aromatic N) is 2. The molecule has 0 aliphatic heterocycles. The lowest BCUT2D eigenvalue weighted by atomic mass is 10.1. The van der Waals surface area contributed by atoms with Crippen LogP contribution in [0.5, 0.6) is 0 Å². The molecule has 0 aromatic heterocycles. The zero-order valence-electron chi connectivity index (χ0n) is 10.6. The van der Waals surface area contributed by atoms with E-state index in [9.17, 15) is 9.59 Å². The Bertz CT molecular complexity index is 324. The van der Waals surface area contributed by atoms with Crippen molar-refractivity contribution in [2.75, 3.05) is 13.2 Å². The summed E-state index contributed by atoms with van der Waals surface area (Å²) in [5, 5.41) is 18.7. The Morgan fingerprint density at radius 1 is 1.18 bits per heavy atom. The molecule has 0 saturated carbocycles. The van der Waals surface area contributed by atoms with Gasteiger partial charge in [0.1, 0.15) is 0 Å². The number of nitrogens with two attached hydrogens (primary N) is 1. The molecule has 0 heterocycles. The number of primary amides is 1. The van der Waals surface area contributed by atoms with Gasteiger partial charge >= 0.3 is 0 Å². The lowest BCUT2D eigenvalue weighted by Crippen LogP contribution is -2.43. The van der Waals surface area contributed by atoms with Gasteiger partial charge in [0.15, 0.2) is 11.1 Å². The van der Waals surface area contributed by atoms with Gasteiger partial charge in [-0.2, -0.15) is 10.2 Å². The van der Waals surface area contributed by atoms with Crippen molar-refractivity contribution in [2.24, 2.45) is 16.0 Å². The molecular formula is C10H20N4O3. The minimum absolute atomic E-state index is 0.147. The first-order valence-corrected chi connectivity index (χ1v) is 5.26. The number of carbonyl (C=O) groups is 2. The van der Waals surface area contributed by atoms with Gasteiger partial charge in [-0.25, -0.2) is 0 Å². The Morgan fingerprint density at radius 2 is 1.65 bits per heavy atom. The summed E-state index contributed by atoms with van der Waals surface area (Å²) in [6, 6.07) is 0. The van der Waals surface area contributed by atoms with Gasteiger partial charge < -0.3 is 16.2 Å². The van der Waals surface area contributed by atoms with Crippen molar-refractivity contribution < 1.29 is 14.7 Å². The molecule has 0 bridgehead atoms. The molecule has 0 radical (unpaired) electrons. The molecule has 0 aliphatic rings. The lowest BCUT2D eigenvalue weighted by molar-refractivity contribution is -0.126. The molecule has 17 heavy (non-hydrogen) atoms. The van der Waals surface area contributed by atoms with E-state index in [4.69, 9.17) is 10.8 Å². The lowest BCUT2D eigenvalue weighted by Gasteiger charge is -2.20. The van der Waals surface area contributed by atoms with Crippen LogP contribution in [0.2, 0.25) is 0 Å². The first kappa shape index (κ1) is 15.5. The summed E-state index contributed by atoms with van der Waals surface area (Å²) in [6.45, 7) is 6.14. The predicted octanol–water partition coefficient (Wildman–Crippen LogP) is -0.410. The smallest absolute Gasteiger partial charge is 0.249 e. The van der Waals surface area contributed by atoms with Crippen molar-refractivity contribution in [3.63, 3.8) is 0 Å². The topological polar surface area (TPSA) is 117 Å². The van der Waals surface area contributed by atoms with Gasteiger partial charge in [-0.1, -0.05) is 0 Å². The van der Waals surface area contributed by atoms with Crippen LogP contribution in [0.15, 0.2) is 10.2 Å². The molecule has 4 N–H and O–H groups in total. The van der Waals surface area contributed by atoms with Crippen LogP contribution in [0.3, 0.4) is 0 Å². The molecule has 0 aromatic rings. The van der Waals surface area contributed by atoms with Crippen molar-refractivity contribution in [3.8, 4) is 0 Å². The second-order valence-electron chi connectivity index (χ2n) is 4.66. The number of hydrogen-bond donors (Lipinski definition) is 3. The van der Waals surface area contributed by atoms with Crippen LogP contribution in [0, 0.1) is 0 Å². The van der Waals surface area contributed by atoms with Crippen LogP contribution < -0.4 is 11.1 Å². The fraction of sp³-hybridized carbons (Fsp3) is 0.800. The summed E-state index contributed by atoms with van der Waals surface area (Å²) in [5.74, 6) is -0.997. The Kier molecular flexibility index (Phi) is 5.21. The van der Waals surface area contributed by atoms with Gasteiger partial charge in [0.25, 0.3) is 0 Å². The molecule has 0 fully saturated rings. The minimum Gasteiger partial charge on any atom is -0.395 e. The normalized spacial score (nSPS) is 12.8. The number of amides is 2. The van der Waals surface area contributed by atoms with Crippen LogP contribution in [0.25, 0.3) is 0 Å². The van der Waals surface area contributed by atoms with Crippen molar-refractivity contribution in [1.29, 1.82) is 0 Å². The number of aliphatic hydroxyl groups is 1. The maximum absolute atomic E-state index is 11.6. The fourth-order valence-corrected chi connectivity index (χ4v) is 0.730. The van der Waals surface area contributed by atoms with Crippen LogP contribution >= 0.6 is 0 Å². The second-order valence-corrected chi connectivity index (χ2v) is 4.66. The van der Waals surface area contributed by atoms with Crippen LogP contribution in [-0.4, -0.2) is 41.2 Å². The first-order chi connectivity index (χ1) is 7.63. The van der Waals surface area contributed by atoms with E-state index < -0.39 is 17.0 Å². The Morgan fingerprint density at radius 3 is 2.06 bits per heavy atom. The number of rotatable bonds is 6. The Balaban J connectivity index is 4.69. The third kappa shape index (κ3) is 4.90. The van der Waals surface area contributed by atoms with E-state index in [1.54, 1.807) is 13.8 Å². The molecule has 7 heteroatoms. The third-order valence-electron chi connectivity index (χ3n) is 2.11. The van der Waals surface area contributed by atoms with E-state index in [1.807, 2.05) is 0 Å². The maximum Gasteiger partial charge on any atom is 0.249 e. The van der Waals surface area contributed by atoms with E-state index in [1.165, 1.54) is 13.8 Å². The highest BCUT2D eigenvalue weighted by atomic mass is 16.3. The molecule has 0 aliphatic carbocycles. The fourth-order valence-electron chi connectivity index (χ4n) is 0.730. The van der Waals surface area contributed by atoms with Crippen molar-refractivity contribution >= 4 is 11.8 Å². The number of nitrogens with one attached hydrogen (secondary N) is 1. The molecule has 7 nitrogen and oxygen atoms in total. The molecule has 0 aromatic carbocycles. The van der Waals surface area contributed by atoms with E-state index in [0.717, 1.165) is 0 Å². The monoisotopic (exact) mass is 244 g/mol. The Hall–Kier alpha value is -1.50. The maximum atomic E-state index is 11.6. The zero-order valence-corrected chi connectivity index (χ0v) is 10.6. The van der Waals surface area contributed by atoms with Crippen LogP contribution in [-0.2, 0) is 9.59 Å². The highest BCUT2D eigenvalue weighted by molar-refractivity contribution is 5.86. The molecule has 2 amide bonds. The van der Waals surface area contributed by atoms with Crippen molar-refractivity contribution in [3.05, 3.63) is 0 Å². The van der Waals surface area contributed by atoms with Gasteiger partial charge in [-0.05, 0) is 27.7 Å². The highest BCUT2D eigenvalue weighted by Gasteiger charge is 2.30. The molecule has 0 saturated heterocycles. The largest absolute Gasteiger partial charge is 0.395 e. The second kappa shape index (κ2) is 5.72. The number of aliphatic hydroxyl groups excluding tert-OH is 1. The van der Waals surface area contributed by atoms with Crippen molar-refractivity contribution in [1.82, 2.24) is 5.32 Å². The van der Waals surface area contributed by atoms with E-state index >= 15 is 0 Å². The number of carbonyl (C=O) groups excluding carboxylic acids is 2. The van der Waals surface area contributed by atoms with E-state index in [2.05, 4.69) is 15.5 Å². The first-order valence-electron chi connectivity index (χ1n) is 5.26. The quantitative estimate of drug-likeness (QED) is 0.551. The minimum atomic E-state index is -1.14. The highest BCUT2D eigenvalue weighted by Crippen LogP contribution is 2.15. The van der Waals surface area contributed by atoms with Crippen LogP contribution in [0.4, 0.5) is 0 Å². The summed E-state index contributed by atoms with van der Waals surface area (Å²) in [5.41, 5.74) is 2.88. The Labute approximate surface area is 100 Å². The summed E-state index contributed by atoms with van der Waals surface area (Å²) >= 11 is 0. The van der Waals surface area contributed by atoms with Crippen LogP contribution in [0.1, 0.15) is 27.7 Å². The molecule has 0 unspecified atom stereocenters. The summed E-state index contributed by atoms with van der Waals surface area (Å²) in [6.07, 6.45) is 0. The summed E-state index contributed by atoms with van der Waals surface area (Å²) in [7, 11) is 0. The molecule has 98 valence electrons. The number of hydrogen-bond acceptors (Lipinski definition) is 5. The average Bonchev–Trinajstić information content (AvgIpc) is 2.23. The zero-order chi connectivity index (χ0) is 13.7. The van der Waals surface area contributed by atoms with Crippen molar-refractivity contribution in [2.45, 2.75) is 38.8 Å². The molecule has 0 rings (SSSR count). The summed E-state index contributed by atoms with van der Waals surface area (Å²) in [4.78, 5) is 22.6. The average molecular weight is 244 g/mol. The van der Waals surface area contributed by atoms with E-state index in [0.29, 0.717) is 0 Å². The predicted molar refractivity (Wildman–Crippen MR) is 62.3 cm³/mol. The molecular weight excluding hydrogens is 224 g/mol. The molecule has 0 atom stereocenters. The molecule has 0 spiro atoms. The third-order valence-corrected chi connectivity index (χ3v) is 2.11. The van der Waals surface area contributed by atoms with Gasteiger partial charge in [-0.15, -0.1) is 0 Å². The SMILES string of the molecule is CC(C)(N=NC(C)(C)C(=O)NCCO)C(N)=O. The number of azo groups is 1. The standard InChI is InChI=1S/C10H20N4O3/c1-9(2,7(11)16)13-14-10(3,4)8(17)12-5-6-15/h15H,5-6H2,1-4H3,(H2,11,16)(H,12,17). The van der Waals surface area contributed by atoms with Gasteiger partial charge in [0.2, 0.25) is 11.8 Å². The summed E-state index contributed by atoms with van der Waals surface area (Å²) < 4.78 is 0. The van der Waals surface area contributed by atoms with Gasteiger partial charge in [0, 0.05) is 6.54 Å². The van der Waals surface area contributed by atoms with E-state index in [-0.39, 0.29) is 19.1 Å².